The van der Waals surface area contributed by atoms with Crippen LogP contribution in [0.3, 0.4) is 0 Å². The maximum atomic E-state index is 12.5. The van der Waals surface area contributed by atoms with Crippen LogP contribution in [-0.4, -0.2) is 69.2 Å². The molecule has 0 spiro atoms. The fourth-order valence-electron chi connectivity index (χ4n) is 6.36. The second-order valence-electron chi connectivity index (χ2n) is 14.3. The quantitative estimate of drug-likeness (QED) is 0.0236. The molecule has 0 aromatic heterocycles. The first kappa shape index (κ1) is 46.4. The summed E-state index contributed by atoms with van der Waals surface area (Å²) >= 11 is 0. The molecule has 1 unspecified atom stereocenters. The van der Waals surface area contributed by atoms with E-state index in [1.54, 1.807) is 12.2 Å². The molecule has 1 rings (SSSR count). The highest BCUT2D eigenvalue weighted by Gasteiger charge is 2.39. The number of phosphoric acid groups is 1. The molecule has 11 nitrogen and oxygen atoms in total. The number of hydrogen-bond donors (Lipinski definition) is 4. The van der Waals surface area contributed by atoms with Gasteiger partial charge in [-0.15, -0.1) is 0 Å². The van der Waals surface area contributed by atoms with Crippen LogP contribution in [0.15, 0.2) is 12.2 Å². The topological polar surface area (TPSA) is 177 Å². The highest BCUT2D eigenvalue weighted by atomic mass is 31.2. The average Bonchev–Trinajstić information content (AvgIpc) is 3.34. The lowest BCUT2D eigenvalue weighted by atomic mass is 9.88. The second kappa shape index (κ2) is 28.0. The maximum Gasteiger partial charge on any atom is 0.469 e. The van der Waals surface area contributed by atoms with Crippen molar-refractivity contribution < 1.29 is 52.9 Å². The van der Waals surface area contributed by atoms with Gasteiger partial charge in [0.2, 0.25) is 0 Å². The number of hydrogen-bond acceptors (Lipinski definition) is 9. The minimum absolute atomic E-state index is 0.0442. The number of phosphoric ester groups is 1. The fraction of sp³-hybridized carbons (Fsp3) is 0.868. The van der Waals surface area contributed by atoms with Crippen molar-refractivity contribution in [1.82, 2.24) is 0 Å². The molecule has 292 valence electrons. The van der Waals surface area contributed by atoms with Crippen molar-refractivity contribution in [3.8, 4) is 0 Å². The number of carbonyl (C=O) groups is 3. The normalized spacial score (nSPS) is 19.9. The first-order valence-corrected chi connectivity index (χ1v) is 21.0. The molecule has 0 aromatic carbocycles. The number of aliphatic hydroxyl groups is 2. The molecule has 50 heavy (non-hydrogen) atoms. The van der Waals surface area contributed by atoms with E-state index in [2.05, 4.69) is 25.3 Å². The average molecular weight is 733 g/mol. The number of carbonyl (C=O) groups excluding carboxylic acids is 3. The molecule has 0 saturated heterocycles. The van der Waals surface area contributed by atoms with Gasteiger partial charge in [-0.2, -0.15) is 0 Å². The fourth-order valence-corrected chi connectivity index (χ4v) is 6.72. The minimum Gasteiger partial charge on any atom is -0.462 e. The van der Waals surface area contributed by atoms with Gasteiger partial charge in [-0.3, -0.25) is 18.9 Å². The first-order chi connectivity index (χ1) is 23.9. The number of aliphatic hydroxyl groups excluding tert-OH is 2. The zero-order chi connectivity index (χ0) is 37.2. The summed E-state index contributed by atoms with van der Waals surface area (Å²) in [5.74, 6) is -0.766. The molecular formula is C38H69O11P. The lowest BCUT2D eigenvalue weighted by Crippen LogP contribution is -2.29. The smallest absolute Gasteiger partial charge is 0.462 e. The predicted molar refractivity (Wildman–Crippen MR) is 194 cm³/mol. The molecule has 1 aliphatic carbocycles. The van der Waals surface area contributed by atoms with Gasteiger partial charge >= 0.3 is 19.8 Å². The minimum atomic E-state index is -4.81. The highest BCUT2D eigenvalue weighted by Crippen LogP contribution is 2.36. The van der Waals surface area contributed by atoms with E-state index in [0.29, 0.717) is 25.7 Å². The largest absolute Gasteiger partial charge is 0.469 e. The van der Waals surface area contributed by atoms with Crippen molar-refractivity contribution in [2.24, 2.45) is 17.8 Å². The summed E-state index contributed by atoms with van der Waals surface area (Å²) in [7, 11) is -4.81. The van der Waals surface area contributed by atoms with E-state index in [9.17, 15) is 29.2 Å². The van der Waals surface area contributed by atoms with E-state index in [1.807, 2.05) is 0 Å². The van der Waals surface area contributed by atoms with Gasteiger partial charge in [0.15, 0.2) is 6.10 Å². The molecule has 1 aliphatic rings. The molecule has 0 aromatic rings. The molecule has 0 radical (unpaired) electrons. The van der Waals surface area contributed by atoms with Gasteiger partial charge < -0.3 is 29.5 Å². The summed E-state index contributed by atoms with van der Waals surface area (Å²) in [6, 6.07) is 0. The van der Waals surface area contributed by atoms with Crippen LogP contribution in [0.4, 0.5) is 0 Å². The van der Waals surface area contributed by atoms with E-state index in [1.165, 1.54) is 38.5 Å². The van der Waals surface area contributed by atoms with Crippen molar-refractivity contribution in [2.75, 3.05) is 13.2 Å². The third kappa shape index (κ3) is 23.8. The van der Waals surface area contributed by atoms with Crippen LogP contribution in [0.5, 0.6) is 0 Å². The number of unbranched alkanes of at least 4 members (excludes halogenated alkanes) is 12. The zero-order valence-corrected chi connectivity index (χ0v) is 32.1. The molecule has 0 bridgehead atoms. The molecule has 1 fully saturated rings. The lowest BCUT2D eigenvalue weighted by Gasteiger charge is -2.18. The Morgan fingerprint density at radius 2 is 1.42 bits per heavy atom. The van der Waals surface area contributed by atoms with Gasteiger partial charge in [0.1, 0.15) is 12.4 Å². The van der Waals surface area contributed by atoms with Gasteiger partial charge in [0, 0.05) is 31.1 Å². The van der Waals surface area contributed by atoms with Crippen molar-refractivity contribution in [1.29, 1.82) is 0 Å². The summed E-state index contributed by atoms with van der Waals surface area (Å²) in [5.41, 5.74) is 0. The number of rotatable bonds is 31. The molecule has 1 saturated carbocycles. The summed E-state index contributed by atoms with van der Waals surface area (Å²) < 4.78 is 26.3. The number of Topliss-reactive ketones (excluding diaryl/α,β-unsaturated/α-hetero) is 1. The van der Waals surface area contributed by atoms with Gasteiger partial charge in [-0.05, 0) is 31.6 Å². The molecule has 6 atom stereocenters. The standard InChI is InChI=1S/C38H69O11P/c1-4-6-15-21-31(39)25-26-34-33(35(40)27-36(34)41)22-17-13-14-18-23-37(42)47-28-32(29-48-50(44,45)46)49-38(43)24-19-12-10-8-7-9-11-16-20-30(3)5-2/h25-26,30-34,36,39,41H,4-24,27-29H2,1-3H3,(H2,44,45,46)/b26-25+/t30?,31-,32+,33+,34+,36+/m0/s1. The second-order valence-corrected chi connectivity index (χ2v) is 15.5. The van der Waals surface area contributed by atoms with Crippen LogP contribution in [0.2, 0.25) is 0 Å². The lowest BCUT2D eigenvalue weighted by molar-refractivity contribution is -0.161. The molecule has 0 aliphatic heterocycles. The van der Waals surface area contributed by atoms with Crippen molar-refractivity contribution in [3.63, 3.8) is 0 Å². The Morgan fingerprint density at radius 1 is 0.840 bits per heavy atom. The monoisotopic (exact) mass is 732 g/mol. The van der Waals surface area contributed by atoms with Crippen molar-refractivity contribution in [2.45, 2.75) is 180 Å². The Kier molecular flexibility index (Phi) is 25.9. The number of ether oxygens (including phenoxy) is 2. The van der Waals surface area contributed by atoms with E-state index in [4.69, 9.17) is 19.3 Å². The van der Waals surface area contributed by atoms with Crippen LogP contribution >= 0.6 is 7.82 Å². The number of ketones is 1. The molecule has 12 heteroatoms. The van der Waals surface area contributed by atoms with E-state index >= 15 is 0 Å². The Morgan fingerprint density at radius 3 is 2.04 bits per heavy atom. The van der Waals surface area contributed by atoms with E-state index in [-0.39, 0.29) is 43.5 Å². The van der Waals surface area contributed by atoms with Gasteiger partial charge in [0.25, 0.3) is 0 Å². The highest BCUT2D eigenvalue weighted by molar-refractivity contribution is 7.46. The first-order valence-electron chi connectivity index (χ1n) is 19.5. The Balaban J connectivity index is 2.31. The van der Waals surface area contributed by atoms with Gasteiger partial charge in [0.05, 0.1) is 18.8 Å². The third-order valence-electron chi connectivity index (χ3n) is 9.72. The Hall–Kier alpha value is -1.62. The molecule has 4 N–H and O–H groups in total. The Bertz CT molecular complexity index is 997. The summed E-state index contributed by atoms with van der Waals surface area (Å²) in [6.45, 7) is 5.67. The summed E-state index contributed by atoms with van der Waals surface area (Å²) in [4.78, 5) is 55.4. The predicted octanol–water partition coefficient (Wildman–Crippen LogP) is 7.90. The zero-order valence-electron chi connectivity index (χ0n) is 31.2. The Labute approximate surface area is 301 Å². The van der Waals surface area contributed by atoms with Crippen molar-refractivity contribution in [3.05, 3.63) is 12.2 Å². The molecular weight excluding hydrogens is 663 g/mol. The van der Waals surface area contributed by atoms with Crippen LogP contribution in [0.25, 0.3) is 0 Å². The SMILES string of the molecule is CCCCC[C@H](O)/C=C/[C@H]1[C@H](O)CC(=O)[C@@H]1CCCCCCC(=O)OC[C@H](COP(=O)(O)O)OC(=O)CCCCCCCCCCC(C)CC. The van der Waals surface area contributed by atoms with E-state index < -0.39 is 44.7 Å². The third-order valence-corrected chi connectivity index (χ3v) is 10.2. The summed E-state index contributed by atoms with van der Waals surface area (Å²) in [6.07, 6.45) is 19.9. The van der Waals surface area contributed by atoms with Crippen LogP contribution in [0, 0.1) is 17.8 Å². The number of esters is 2. The summed E-state index contributed by atoms with van der Waals surface area (Å²) in [5, 5.41) is 20.6. The van der Waals surface area contributed by atoms with Crippen molar-refractivity contribution >= 4 is 25.5 Å². The van der Waals surface area contributed by atoms with Crippen LogP contribution < -0.4 is 0 Å². The van der Waals surface area contributed by atoms with Gasteiger partial charge in [-0.25, -0.2) is 4.57 Å². The van der Waals surface area contributed by atoms with Gasteiger partial charge in [-0.1, -0.05) is 129 Å². The van der Waals surface area contributed by atoms with Crippen LogP contribution in [-0.2, 0) is 32.9 Å². The van der Waals surface area contributed by atoms with Crippen LogP contribution in [0.1, 0.15) is 162 Å². The maximum absolute atomic E-state index is 12.5. The molecule has 0 amide bonds. The van der Waals surface area contributed by atoms with E-state index in [0.717, 1.165) is 63.7 Å². The molecule has 0 heterocycles.